The van der Waals surface area contributed by atoms with Gasteiger partial charge in [-0.05, 0) is 25.1 Å². The van der Waals surface area contributed by atoms with Crippen LogP contribution in [0.5, 0.6) is 0 Å². The molecule has 100 valence electrons. The molecule has 0 amide bonds. The van der Waals surface area contributed by atoms with Gasteiger partial charge in [-0.2, -0.15) is 0 Å². The molecule has 0 saturated heterocycles. The Balaban J connectivity index is 2.37. The number of hydrogen-bond donors (Lipinski definition) is 1. The highest BCUT2D eigenvalue weighted by Crippen LogP contribution is 2.27. The van der Waals surface area contributed by atoms with Crippen molar-refractivity contribution in [1.29, 1.82) is 0 Å². The van der Waals surface area contributed by atoms with Crippen molar-refractivity contribution in [1.82, 2.24) is 0 Å². The van der Waals surface area contributed by atoms with Crippen LogP contribution in [0.4, 0.5) is 10.1 Å². The lowest BCUT2D eigenvalue weighted by molar-refractivity contribution is 0.572. The molecule has 19 heavy (non-hydrogen) atoms. The SMILES string of the molecule is Cc1ccc(F)c(C(CN)N(C)c2ccccc2)c1. The van der Waals surface area contributed by atoms with Crippen LogP contribution in [0.15, 0.2) is 48.5 Å². The Morgan fingerprint density at radius 2 is 1.84 bits per heavy atom. The van der Waals surface area contributed by atoms with Crippen molar-refractivity contribution in [2.75, 3.05) is 18.5 Å². The molecule has 0 radical (unpaired) electrons. The molecular weight excluding hydrogens is 239 g/mol. The van der Waals surface area contributed by atoms with Crippen LogP contribution in [0.2, 0.25) is 0 Å². The van der Waals surface area contributed by atoms with E-state index in [2.05, 4.69) is 0 Å². The third kappa shape index (κ3) is 2.93. The predicted octanol–water partition coefficient (Wildman–Crippen LogP) is 3.27. The highest BCUT2D eigenvalue weighted by Gasteiger charge is 2.19. The Kier molecular flexibility index (Phi) is 4.17. The maximum absolute atomic E-state index is 14.0. The molecule has 1 unspecified atom stereocenters. The molecule has 2 aromatic rings. The Bertz CT molecular complexity index is 540. The number of hydrogen-bond acceptors (Lipinski definition) is 2. The molecule has 0 aromatic heterocycles. The van der Waals surface area contributed by atoms with Gasteiger partial charge in [-0.25, -0.2) is 4.39 Å². The highest BCUT2D eigenvalue weighted by molar-refractivity contribution is 5.48. The summed E-state index contributed by atoms with van der Waals surface area (Å²) in [5, 5.41) is 0. The van der Waals surface area contributed by atoms with Crippen molar-refractivity contribution in [2.24, 2.45) is 5.73 Å². The van der Waals surface area contributed by atoms with Gasteiger partial charge in [-0.1, -0.05) is 35.9 Å². The Morgan fingerprint density at radius 1 is 1.16 bits per heavy atom. The third-order valence-electron chi connectivity index (χ3n) is 3.36. The average Bonchev–Trinajstić information content (AvgIpc) is 2.44. The summed E-state index contributed by atoms with van der Waals surface area (Å²) < 4.78 is 14.0. The minimum absolute atomic E-state index is 0.165. The molecule has 0 saturated carbocycles. The predicted molar refractivity (Wildman–Crippen MR) is 77.8 cm³/mol. The number of rotatable bonds is 4. The van der Waals surface area contributed by atoms with E-state index in [1.807, 2.05) is 55.3 Å². The molecule has 0 aliphatic carbocycles. The van der Waals surface area contributed by atoms with Gasteiger partial charge in [-0.3, -0.25) is 0 Å². The second-order valence-corrected chi connectivity index (χ2v) is 4.72. The van der Waals surface area contributed by atoms with Crippen molar-refractivity contribution in [2.45, 2.75) is 13.0 Å². The highest BCUT2D eigenvalue weighted by atomic mass is 19.1. The van der Waals surface area contributed by atoms with Crippen LogP contribution in [0.3, 0.4) is 0 Å². The summed E-state index contributed by atoms with van der Waals surface area (Å²) >= 11 is 0. The first-order valence-corrected chi connectivity index (χ1v) is 6.37. The molecule has 0 aliphatic rings. The fourth-order valence-electron chi connectivity index (χ4n) is 2.26. The van der Waals surface area contributed by atoms with Gasteiger partial charge in [0.25, 0.3) is 0 Å². The summed E-state index contributed by atoms with van der Waals surface area (Å²) in [6.45, 7) is 2.32. The first-order chi connectivity index (χ1) is 9.13. The summed E-state index contributed by atoms with van der Waals surface area (Å²) in [4.78, 5) is 2.01. The monoisotopic (exact) mass is 258 g/mol. The number of para-hydroxylation sites is 1. The fraction of sp³-hybridized carbons (Fsp3) is 0.250. The van der Waals surface area contributed by atoms with E-state index >= 15 is 0 Å². The van der Waals surface area contributed by atoms with Gasteiger partial charge in [0, 0.05) is 24.8 Å². The molecule has 0 aliphatic heterocycles. The van der Waals surface area contributed by atoms with Crippen LogP contribution in [0.25, 0.3) is 0 Å². The quantitative estimate of drug-likeness (QED) is 0.912. The molecule has 2 nitrogen and oxygen atoms in total. The first-order valence-electron chi connectivity index (χ1n) is 6.37. The average molecular weight is 258 g/mol. The summed E-state index contributed by atoms with van der Waals surface area (Å²) in [5.41, 5.74) is 8.57. The van der Waals surface area contributed by atoms with Crippen LogP contribution >= 0.6 is 0 Å². The van der Waals surface area contributed by atoms with Crippen LogP contribution in [-0.4, -0.2) is 13.6 Å². The van der Waals surface area contributed by atoms with E-state index in [0.717, 1.165) is 11.3 Å². The third-order valence-corrected chi connectivity index (χ3v) is 3.36. The molecule has 3 heteroatoms. The molecule has 0 heterocycles. The number of nitrogens with two attached hydrogens (primary N) is 1. The van der Waals surface area contributed by atoms with E-state index in [9.17, 15) is 4.39 Å². The maximum atomic E-state index is 14.0. The van der Waals surface area contributed by atoms with E-state index in [0.29, 0.717) is 12.1 Å². The van der Waals surface area contributed by atoms with E-state index in [-0.39, 0.29) is 11.9 Å². The second-order valence-electron chi connectivity index (χ2n) is 4.72. The van der Waals surface area contributed by atoms with Gasteiger partial charge in [-0.15, -0.1) is 0 Å². The fourth-order valence-corrected chi connectivity index (χ4v) is 2.26. The zero-order chi connectivity index (χ0) is 13.8. The van der Waals surface area contributed by atoms with Crippen LogP contribution in [-0.2, 0) is 0 Å². The smallest absolute Gasteiger partial charge is 0.128 e. The summed E-state index contributed by atoms with van der Waals surface area (Å²) in [6.07, 6.45) is 0. The molecule has 0 bridgehead atoms. The standard InChI is InChI=1S/C16H19FN2/c1-12-8-9-15(17)14(10-12)16(11-18)19(2)13-6-4-3-5-7-13/h3-10,16H,11,18H2,1-2H3. The number of anilines is 1. The molecular formula is C16H19FN2. The van der Waals surface area contributed by atoms with Gasteiger partial charge in [0.15, 0.2) is 0 Å². The van der Waals surface area contributed by atoms with Crippen molar-refractivity contribution < 1.29 is 4.39 Å². The Labute approximate surface area is 113 Å². The lowest BCUT2D eigenvalue weighted by Crippen LogP contribution is -2.31. The zero-order valence-electron chi connectivity index (χ0n) is 11.3. The van der Waals surface area contributed by atoms with Crippen molar-refractivity contribution in [3.63, 3.8) is 0 Å². The molecule has 0 fully saturated rings. The zero-order valence-corrected chi connectivity index (χ0v) is 11.3. The van der Waals surface area contributed by atoms with Crippen LogP contribution < -0.4 is 10.6 Å². The van der Waals surface area contributed by atoms with Gasteiger partial charge in [0.2, 0.25) is 0 Å². The van der Waals surface area contributed by atoms with E-state index in [4.69, 9.17) is 5.73 Å². The Morgan fingerprint density at radius 3 is 2.47 bits per heavy atom. The van der Waals surface area contributed by atoms with E-state index < -0.39 is 0 Å². The summed E-state index contributed by atoms with van der Waals surface area (Å²) in [5.74, 6) is -0.205. The summed E-state index contributed by atoms with van der Waals surface area (Å²) in [6, 6.07) is 14.9. The number of nitrogens with zero attached hydrogens (tertiary/aromatic N) is 1. The number of benzene rings is 2. The molecule has 2 aromatic carbocycles. The topological polar surface area (TPSA) is 29.3 Å². The molecule has 1 atom stereocenters. The normalized spacial score (nSPS) is 12.2. The van der Waals surface area contributed by atoms with Crippen molar-refractivity contribution in [3.8, 4) is 0 Å². The Hall–Kier alpha value is -1.87. The lowest BCUT2D eigenvalue weighted by atomic mass is 10.0. The minimum Gasteiger partial charge on any atom is -0.366 e. The minimum atomic E-state index is -0.205. The van der Waals surface area contributed by atoms with Gasteiger partial charge < -0.3 is 10.6 Å². The van der Waals surface area contributed by atoms with Crippen LogP contribution in [0.1, 0.15) is 17.2 Å². The van der Waals surface area contributed by atoms with Crippen molar-refractivity contribution >= 4 is 5.69 Å². The van der Waals surface area contributed by atoms with Crippen LogP contribution in [0, 0.1) is 12.7 Å². The van der Waals surface area contributed by atoms with Gasteiger partial charge in [0.05, 0.1) is 6.04 Å². The second kappa shape index (κ2) is 5.85. The van der Waals surface area contributed by atoms with E-state index in [1.165, 1.54) is 6.07 Å². The molecule has 2 N–H and O–H groups in total. The van der Waals surface area contributed by atoms with Gasteiger partial charge >= 0.3 is 0 Å². The van der Waals surface area contributed by atoms with Gasteiger partial charge in [0.1, 0.15) is 5.82 Å². The molecule has 0 spiro atoms. The molecule has 2 rings (SSSR count). The maximum Gasteiger partial charge on any atom is 0.128 e. The number of aryl methyl sites for hydroxylation is 1. The summed E-state index contributed by atoms with van der Waals surface area (Å²) in [7, 11) is 1.94. The lowest BCUT2D eigenvalue weighted by Gasteiger charge is -2.30. The largest absolute Gasteiger partial charge is 0.366 e. The van der Waals surface area contributed by atoms with Crippen molar-refractivity contribution in [3.05, 3.63) is 65.5 Å². The number of likely N-dealkylation sites (N-methyl/N-ethyl adjacent to an activating group) is 1. The first kappa shape index (κ1) is 13.6. The van der Waals surface area contributed by atoms with E-state index in [1.54, 1.807) is 6.07 Å². The number of halogens is 1.